The molecular weight excluding hydrogens is 236 g/mol. The molecular formula is C13H16O5. The molecule has 0 aliphatic carbocycles. The van der Waals surface area contributed by atoms with Crippen molar-refractivity contribution in [3.05, 3.63) is 29.8 Å². The summed E-state index contributed by atoms with van der Waals surface area (Å²) in [7, 11) is 0. The molecule has 0 fully saturated rings. The van der Waals surface area contributed by atoms with Crippen LogP contribution in [0.3, 0.4) is 0 Å². The molecule has 0 aromatic heterocycles. The zero-order valence-corrected chi connectivity index (χ0v) is 10.1. The van der Waals surface area contributed by atoms with E-state index in [1.165, 1.54) is 12.1 Å². The third kappa shape index (κ3) is 4.86. The van der Waals surface area contributed by atoms with E-state index in [1.807, 2.05) is 6.92 Å². The van der Waals surface area contributed by atoms with E-state index in [2.05, 4.69) is 0 Å². The van der Waals surface area contributed by atoms with Gasteiger partial charge < -0.3 is 14.9 Å². The summed E-state index contributed by atoms with van der Waals surface area (Å²) in [6.45, 7) is 1.85. The molecule has 0 saturated carbocycles. The first-order valence-electron chi connectivity index (χ1n) is 5.71. The molecule has 5 heteroatoms. The first-order chi connectivity index (χ1) is 8.49. The first-order valence-corrected chi connectivity index (χ1v) is 5.71. The summed E-state index contributed by atoms with van der Waals surface area (Å²) in [5.41, 5.74) is 0.209. The third-order valence-electron chi connectivity index (χ3n) is 2.44. The van der Waals surface area contributed by atoms with E-state index in [-0.39, 0.29) is 18.1 Å². The number of hydrogen-bond acceptors (Lipinski definition) is 3. The minimum absolute atomic E-state index is 0.0972. The van der Waals surface area contributed by atoms with Gasteiger partial charge in [-0.2, -0.15) is 0 Å². The van der Waals surface area contributed by atoms with Gasteiger partial charge >= 0.3 is 11.9 Å². The van der Waals surface area contributed by atoms with Crippen LogP contribution in [0.5, 0.6) is 5.75 Å². The third-order valence-corrected chi connectivity index (χ3v) is 2.44. The van der Waals surface area contributed by atoms with Crippen molar-refractivity contribution in [2.45, 2.75) is 32.3 Å². The van der Waals surface area contributed by atoms with E-state index in [0.29, 0.717) is 18.6 Å². The van der Waals surface area contributed by atoms with Gasteiger partial charge in [0, 0.05) is 6.42 Å². The fraction of sp³-hybridized carbons (Fsp3) is 0.385. The van der Waals surface area contributed by atoms with Crippen LogP contribution in [-0.2, 0) is 4.79 Å². The van der Waals surface area contributed by atoms with E-state index in [0.717, 1.165) is 0 Å². The van der Waals surface area contributed by atoms with Crippen LogP contribution in [0.2, 0.25) is 0 Å². The van der Waals surface area contributed by atoms with Crippen molar-refractivity contribution in [3.8, 4) is 5.75 Å². The average molecular weight is 252 g/mol. The highest BCUT2D eigenvalue weighted by atomic mass is 16.5. The SMILES string of the molecule is CC(CCCC(=O)O)Oc1ccc(C(=O)O)cc1. The van der Waals surface area contributed by atoms with Crippen molar-refractivity contribution in [3.63, 3.8) is 0 Å². The Morgan fingerprint density at radius 3 is 2.33 bits per heavy atom. The van der Waals surface area contributed by atoms with Gasteiger partial charge in [-0.1, -0.05) is 0 Å². The minimum Gasteiger partial charge on any atom is -0.491 e. The Morgan fingerprint density at radius 1 is 1.22 bits per heavy atom. The molecule has 18 heavy (non-hydrogen) atoms. The van der Waals surface area contributed by atoms with Crippen molar-refractivity contribution in [2.24, 2.45) is 0 Å². The van der Waals surface area contributed by atoms with Gasteiger partial charge in [0.05, 0.1) is 11.7 Å². The van der Waals surface area contributed by atoms with Crippen LogP contribution >= 0.6 is 0 Å². The van der Waals surface area contributed by atoms with Crippen molar-refractivity contribution in [1.82, 2.24) is 0 Å². The van der Waals surface area contributed by atoms with E-state index in [4.69, 9.17) is 14.9 Å². The number of benzene rings is 1. The lowest BCUT2D eigenvalue weighted by atomic mass is 10.1. The molecule has 2 N–H and O–H groups in total. The molecule has 0 bridgehead atoms. The summed E-state index contributed by atoms with van der Waals surface area (Å²) < 4.78 is 5.55. The number of ether oxygens (including phenoxy) is 1. The molecule has 5 nitrogen and oxygen atoms in total. The maximum Gasteiger partial charge on any atom is 0.335 e. The number of carboxylic acids is 2. The summed E-state index contributed by atoms with van der Waals surface area (Å²) in [6, 6.07) is 6.14. The largest absolute Gasteiger partial charge is 0.491 e. The summed E-state index contributed by atoms with van der Waals surface area (Å²) in [5.74, 6) is -1.20. The fourth-order valence-corrected chi connectivity index (χ4v) is 1.51. The summed E-state index contributed by atoms with van der Waals surface area (Å²) in [6.07, 6.45) is 1.24. The number of aromatic carboxylic acids is 1. The molecule has 0 aliphatic rings. The predicted molar refractivity (Wildman–Crippen MR) is 65.0 cm³/mol. The number of carbonyl (C=O) groups is 2. The van der Waals surface area contributed by atoms with Crippen LogP contribution in [0.25, 0.3) is 0 Å². The molecule has 1 atom stereocenters. The van der Waals surface area contributed by atoms with Crippen LogP contribution in [0, 0.1) is 0 Å². The van der Waals surface area contributed by atoms with Gasteiger partial charge in [0.2, 0.25) is 0 Å². The highest BCUT2D eigenvalue weighted by Gasteiger charge is 2.07. The standard InChI is InChI=1S/C13H16O5/c1-9(3-2-4-12(14)15)18-11-7-5-10(6-8-11)13(16)17/h5-9H,2-4H2,1H3,(H,14,15)(H,16,17). The lowest BCUT2D eigenvalue weighted by Crippen LogP contribution is -2.12. The predicted octanol–water partition coefficient (Wildman–Crippen LogP) is 2.41. The van der Waals surface area contributed by atoms with Gasteiger partial charge in [-0.15, -0.1) is 0 Å². The molecule has 0 radical (unpaired) electrons. The molecule has 98 valence electrons. The number of aliphatic carboxylic acids is 1. The topological polar surface area (TPSA) is 83.8 Å². The van der Waals surface area contributed by atoms with Gasteiger partial charge in [0.25, 0.3) is 0 Å². The van der Waals surface area contributed by atoms with Crippen molar-refractivity contribution in [2.75, 3.05) is 0 Å². The molecule has 1 rings (SSSR count). The van der Waals surface area contributed by atoms with Gasteiger partial charge in [-0.25, -0.2) is 4.79 Å². The maximum absolute atomic E-state index is 10.6. The molecule has 0 amide bonds. The minimum atomic E-state index is -0.976. The zero-order valence-electron chi connectivity index (χ0n) is 10.1. The van der Waals surface area contributed by atoms with Gasteiger partial charge in [-0.3, -0.25) is 4.79 Å². The van der Waals surface area contributed by atoms with Gasteiger partial charge in [0.15, 0.2) is 0 Å². The van der Waals surface area contributed by atoms with Gasteiger partial charge in [-0.05, 0) is 44.0 Å². The summed E-state index contributed by atoms with van der Waals surface area (Å²) in [4.78, 5) is 21.0. The Bertz CT molecular complexity index is 410. The van der Waals surface area contributed by atoms with Crippen molar-refractivity contribution < 1.29 is 24.5 Å². The second-order valence-electron chi connectivity index (χ2n) is 4.04. The lowest BCUT2D eigenvalue weighted by Gasteiger charge is -2.14. The monoisotopic (exact) mass is 252 g/mol. The lowest BCUT2D eigenvalue weighted by molar-refractivity contribution is -0.137. The summed E-state index contributed by atoms with van der Waals surface area (Å²) >= 11 is 0. The highest BCUT2D eigenvalue weighted by molar-refractivity contribution is 5.87. The van der Waals surface area contributed by atoms with Crippen LogP contribution in [0.15, 0.2) is 24.3 Å². The molecule has 0 heterocycles. The normalized spacial score (nSPS) is 11.8. The quantitative estimate of drug-likeness (QED) is 0.778. The van der Waals surface area contributed by atoms with E-state index < -0.39 is 11.9 Å². The van der Waals surface area contributed by atoms with Crippen LogP contribution in [0.4, 0.5) is 0 Å². The van der Waals surface area contributed by atoms with Crippen molar-refractivity contribution >= 4 is 11.9 Å². The Morgan fingerprint density at radius 2 is 1.83 bits per heavy atom. The Kier molecular flexibility index (Phi) is 5.17. The number of hydrogen-bond donors (Lipinski definition) is 2. The summed E-state index contributed by atoms with van der Waals surface area (Å²) in [5, 5.41) is 17.2. The zero-order chi connectivity index (χ0) is 13.5. The fourth-order valence-electron chi connectivity index (χ4n) is 1.51. The molecule has 1 unspecified atom stereocenters. The van der Waals surface area contributed by atoms with Crippen LogP contribution in [0.1, 0.15) is 36.5 Å². The van der Waals surface area contributed by atoms with Gasteiger partial charge in [0.1, 0.15) is 5.75 Å². The Hall–Kier alpha value is -2.04. The molecule has 0 spiro atoms. The molecule has 1 aromatic rings. The second-order valence-corrected chi connectivity index (χ2v) is 4.04. The number of carboxylic acid groups (broad SMARTS) is 2. The van der Waals surface area contributed by atoms with Crippen LogP contribution in [-0.4, -0.2) is 28.3 Å². The van der Waals surface area contributed by atoms with Crippen LogP contribution < -0.4 is 4.74 Å². The maximum atomic E-state index is 10.6. The molecule has 0 aliphatic heterocycles. The Balaban J connectivity index is 2.41. The Labute approximate surface area is 105 Å². The average Bonchev–Trinajstić information content (AvgIpc) is 2.29. The smallest absolute Gasteiger partial charge is 0.335 e. The second kappa shape index (κ2) is 6.64. The molecule has 1 aromatic carbocycles. The van der Waals surface area contributed by atoms with E-state index >= 15 is 0 Å². The molecule has 0 saturated heterocycles. The number of rotatable bonds is 7. The van der Waals surface area contributed by atoms with E-state index in [1.54, 1.807) is 12.1 Å². The van der Waals surface area contributed by atoms with E-state index in [9.17, 15) is 9.59 Å². The van der Waals surface area contributed by atoms with Crippen molar-refractivity contribution in [1.29, 1.82) is 0 Å². The first kappa shape index (κ1) is 14.0. The highest BCUT2D eigenvalue weighted by Crippen LogP contribution is 2.16.